The van der Waals surface area contributed by atoms with E-state index in [1.54, 1.807) is 18.2 Å². The lowest BCUT2D eigenvalue weighted by Crippen LogP contribution is -2.40. The number of nitrogens with zero attached hydrogens (tertiary/aromatic N) is 3. The second-order valence-electron chi connectivity index (χ2n) is 7.83. The number of aromatic nitrogens is 2. The van der Waals surface area contributed by atoms with E-state index in [9.17, 15) is 8.42 Å². The van der Waals surface area contributed by atoms with Gasteiger partial charge in [0, 0.05) is 24.2 Å². The van der Waals surface area contributed by atoms with Crippen molar-refractivity contribution in [2.75, 3.05) is 37.8 Å². The Morgan fingerprint density at radius 3 is 2.59 bits per heavy atom. The van der Waals surface area contributed by atoms with E-state index in [0.29, 0.717) is 54.7 Å². The first-order valence-corrected chi connectivity index (χ1v) is 12.1. The zero-order chi connectivity index (χ0) is 22.5. The second-order valence-corrected chi connectivity index (χ2v) is 10.2. The lowest BCUT2D eigenvalue weighted by atomic mass is 9.86. The first-order chi connectivity index (χ1) is 15.3. The standard InChI is InChI=1S/C22H22ClN5O3S/c23-17-11-13-4-5-19-20(16(13)12-18(17)24)21(27-22(25)26-19)14-2-1-3-15(10-14)32(29,30)28-6-8-31-9-7-28/h1-3,10-12H,4-9,24H2,(H2,25,26,27). The molecule has 4 N–H and O–H groups in total. The van der Waals surface area contributed by atoms with Crippen LogP contribution in [0, 0.1) is 0 Å². The number of aryl methyl sites for hydroxylation is 2. The highest BCUT2D eigenvalue weighted by molar-refractivity contribution is 7.89. The van der Waals surface area contributed by atoms with Gasteiger partial charge in [-0.3, -0.25) is 0 Å². The number of hydrogen-bond donors (Lipinski definition) is 2. The third kappa shape index (κ3) is 3.61. The summed E-state index contributed by atoms with van der Waals surface area (Å²) in [5, 5.41) is 0.503. The number of fused-ring (bicyclic) bond motifs is 3. The third-order valence-corrected chi connectivity index (χ3v) is 8.06. The molecule has 0 saturated carbocycles. The highest BCUT2D eigenvalue weighted by Crippen LogP contribution is 2.42. The van der Waals surface area contributed by atoms with Gasteiger partial charge in [-0.2, -0.15) is 4.31 Å². The maximum atomic E-state index is 13.2. The SMILES string of the molecule is Nc1nc2c(c(-c3cccc(S(=O)(=O)N4CCOCC4)c3)n1)-c1cc(N)c(Cl)cc1CC2. The summed E-state index contributed by atoms with van der Waals surface area (Å²) in [4.78, 5) is 9.16. The van der Waals surface area contributed by atoms with Crippen molar-refractivity contribution in [2.45, 2.75) is 17.7 Å². The molecule has 0 spiro atoms. The fourth-order valence-corrected chi connectivity index (χ4v) is 5.90. The quantitative estimate of drug-likeness (QED) is 0.562. The molecule has 32 heavy (non-hydrogen) atoms. The van der Waals surface area contributed by atoms with E-state index in [-0.39, 0.29) is 10.8 Å². The van der Waals surface area contributed by atoms with Gasteiger partial charge in [0.25, 0.3) is 0 Å². The average molecular weight is 472 g/mol. The molecule has 1 saturated heterocycles. The fraction of sp³-hybridized carbons (Fsp3) is 0.273. The van der Waals surface area contributed by atoms with Gasteiger partial charge >= 0.3 is 0 Å². The summed E-state index contributed by atoms with van der Waals surface area (Å²) in [6, 6.07) is 10.5. The van der Waals surface area contributed by atoms with Crippen LogP contribution in [0.3, 0.4) is 0 Å². The molecule has 1 aliphatic heterocycles. The summed E-state index contributed by atoms with van der Waals surface area (Å²) in [6.45, 7) is 1.43. The van der Waals surface area contributed by atoms with Crippen molar-refractivity contribution < 1.29 is 13.2 Å². The maximum Gasteiger partial charge on any atom is 0.243 e. The number of hydrogen-bond acceptors (Lipinski definition) is 7. The Bertz CT molecular complexity index is 1320. The topological polar surface area (TPSA) is 124 Å². The van der Waals surface area contributed by atoms with Gasteiger partial charge in [0.1, 0.15) is 0 Å². The third-order valence-electron chi connectivity index (χ3n) is 5.84. The van der Waals surface area contributed by atoms with Crippen LogP contribution in [0.5, 0.6) is 0 Å². The van der Waals surface area contributed by atoms with Crippen LogP contribution >= 0.6 is 11.6 Å². The molecule has 0 bridgehead atoms. The molecular formula is C22H22ClN5O3S. The minimum Gasteiger partial charge on any atom is -0.398 e. The number of rotatable bonds is 3. The molecular weight excluding hydrogens is 450 g/mol. The molecule has 2 aliphatic rings. The molecule has 0 radical (unpaired) electrons. The predicted molar refractivity (Wildman–Crippen MR) is 124 cm³/mol. The fourth-order valence-electron chi connectivity index (χ4n) is 4.26. The number of morpholine rings is 1. The molecule has 2 aromatic carbocycles. The highest BCUT2D eigenvalue weighted by atomic mass is 35.5. The van der Waals surface area contributed by atoms with Gasteiger partial charge in [-0.05, 0) is 48.2 Å². The first kappa shape index (κ1) is 21.1. The molecule has 1 aliphatic carbocycles. The number of nitrogen functional groups attached to an aromatic ring is 2. The average Bonchev–Trinajstić information content (AvgIpc) is 2.80. The Morgan fingerprint density at radius 1 is 1.03 bits per heavy atom. The lowest BCUT2D eigenvalue weighted by Gasteiger charge is -2.26. The van der Waals surface area contributed by atoms with Crippen molar-refractivity contribution in [1.82, 2.24) is 14.3 Å². The van der Waals surface area contributed by atoms with Gasteiger partial charge in [-0.25, -0.2) is 18.4 Å². The summed E-state index contributed by atoms with van der Waals surface area (Å²) in [5.74, 6) is 0.144. The number of halogens is 1. The zero-order valence-electron chi connectivity index (χ0n) is 17.2. The van der Waals surface area contributed by atoms with Crippen molar-refractivity contribution in [3.05, 3.63) is 52.7 Å². The van der Waals surface area contributed by atoms with Gasteiger partial charge in [0.2, 0.25) is 16.0 Å². The molecule has 1 aromatic heterocycles. The van der Waals surface area contributed by atoms with Crippen LogP contribution in [0.4, 0.5) is 11.6 Å². The minimum atomic E-state index is -3.66. The van der Waals surface area contributed by atoms with E-state index in [4.69, 9.17) is 27.8 Å². The molecule has 0 unspecified atom stereocenters. The lowest BCUT2D eigenvalue weighted by molar-refractivity contribution is 0.0730. The summed E-state index contributed by atoms with van der Waals surface area (Å²) < 4.78 is 33.1. The Morgan fingerprint density at radius 2 is 1.81 bits per heavy atom. The summed E-state index contributed by atoms with van der Waals surface area (Å²) in [5.41, 5.74) is 17.4. The minimum absolute atomic E-state index is 0.144. The second kappa shape index (κ2) is 8.00. The van der Waals surface area contributed by atoms with Crippen molar-refractivity contribution in [2.24, 2.45) is 0 Å². The maximum absolute atomic E-state index is 13.2. The van der Waals surface area contributed by atoms with Crippen LogP contribution in [0.2, 0.25) is 5.02 Å². The molecule has 0 atom stereocenters. The predicted octanol–water partition coefficient (Wildman–Crippen LogP) is 2.75. The van der Waals surface area contributed by atoms with E-state index < -0.39 is 10.0 Å². The molecule has 8 nitrogen and oxygen atoms in total. The van der Waals surface area contributed by atoms with Crippen molar-refractivity contribution in [1.29, 1.82) is 0 Å². The van der Waals surface area contributed by atoms with E-state index in [2.05, 4.69) is 9.97 Å². The van der Waals surface area contributed by atoms with Crippen molar-refractivity contribution in [3.8, 4) is 22.4 Å². The molecule has 166 valence electrons. The Kier molecular flexibility index (Phi) is 5.29. The van der Waals surface area contributed by atoms with E-state index >= 15 is 0 Å². The number of sulfonamides is 1. The van der Waals surface area contributed by atoms with Gasteiger partial charge in [0.15, 0.2) is 0 Å². The number of nitrogens with two attached hydrogens (primary N) is 2. The summed E-state index contributed by atoms with van der Waals surface area (Å²) in [6.07, 6.45) is 1.43. The molecule has 5 rings (SSSR count). The molecule has 1 fully saturated rings. The van der Waals surface area contributed by atoms with Crippen molar-refractivity contribution in [3.63, 3.8) is 0 Å². The normalized spacial score (nSPS) is 16.4. The number of benzene rings is 2. The first-order valence-electron chi connectivity index (χ1n) is 10.3. The van der Waals surface area contributed by atoms with Gasteiger partial charge < -0.3 is 16.2 Å². The molecule has 2 heterocycles. The van der Waals surface area contributed by atoms with Gasteiger partial charge in [-0.1, -0.05) is 23.7 Å². The summed E-state index contributed by atoms with van der Waals surface area (Å²) >= 11 is 6.24. The summed E-state index contributed by atoms with van der Waals surface area (Å²) in [7, 11) is -3.66. The van der Waals surface area contributed by atoms with E-state index in [0.717, 1.165) is 28.8 Å². The van der Waals surface area contributed by atoms with Crippen LogP contribution < -0.4 is 11.5 Å². The number of ether oxygens (including phenoxy) is 1. The van der Waals surface area contributed by atoms with Gasteiger partial charge in [-0.15, -0.1) is 0 Å². The smallest absolute Gasteiger partial charge is 0.243 e. The Balaban J connectivity index is 1.66. The Labute approximate surface area is 191 Å². The number of anilines is 2. The largest absolute Gasteiger partial charge is 0.398 e. The van der Waals surface area contributed by atoms with Crippen molar-refractivity contribution >= 4 is 33.3 Å². The van der Waals surface area contributed by atoms with E-state index in [1.807, 2.05) is 18.2 Å². The van der Waals surface area contributed by atoms with E-state index in [1.165, 1.54) is 4.31 Å². The van der Waals surface area contributed by atoms with Gasteiger partial charge in [0.05, 0.1) is 40.2 Å². The molecule has 0 amide bonds. The van der Waals surface area contributed by atoms with Crippen LogP contribution in [0.25, 0.3) is 22.4 Å². The monoisotopic (exact) mass is 471 g/mol. The zero-order valence-corrected chi connectivity index (χ0v) is 18.8. The Hall–Kier alpha value is -2.72. The van der Waals surface area contributed by atoms with Crippen LogP contribution in [0.1, 0.15) is 11.3 Å². The highest BCUT2D eigenvalue weighted by Gasteiger charge is 2.28. The molecule has 10 heteroatoms. The van der Waals surface area contributed by atoms with Crippen LogP contribution in [-0.4, -0.2) is 49.0 Å². The molecule has 3 aromatic rings. The van der Waals surface area contributed by atoms with Crippen LogP contribution in [0.15, 0.2) is 41.3 Å². The van der Waals surface area contributed by atoms with Crippen LogP contribution in [-0.2, 0) is 27.6 Å².